The first-order valence-electron chi connectivity index (χ1n) is 8.77. The summed E-state index contributed by atoms with van der Waals surface area (Å²) >= 11 is 0. The zero-order valence-electron chi connectivity index (χ0n) is 14.1. The topological polar surface area (TPSA) is 56.9 Å². The maximum Gasteiger partial charge on any atom is 0.222 e. The maximum atomic E-state index is 12.1. The van der Waals surface area contributed by atoms with E-state index in [0.717, 1.165) is 44.1 Å². The number of nitrogens with zero attached hydrogens (tertiary/aromatic N) is 2. The molecular formula is C18H28N2O3. The third-order valence-electron chi connectivity index (χ3n) is 5.25. The summed E-state index contributed by atoms with van der Waals surface area (Å²) in [5.41, 5.74) is 0.225. The number of amides is 1. The van der Waals surface area contributed by atoms with Crippen LogP contribution in [0.15, 0.2) is 16.5 Å². The van der Waals surface area contributed by atoms with Gasteiger partial charge in [-0.1, -0.05) is 0 Å². The molecule has 2 saturated heterocycles. The lowest BCUT2D eigenvalue weighted by Gasteiger charge is -2.48. The Bertz CT molecular complexity index is 542. The van der Waals surface area contributed by atoms with Crippen molar-refractivity contribution in [3.05, 3.63) is 23.7 Å². The van der Waals surface area contributed by atoms with Gasteiger partial charge in [-0.05, 0) is 51.3 Å². The molecule has 5 nitrogen and oxygen atoms in total. The molecule has 1 atom stereocenters. The van der Waals surface area contributed by atoms with Gasteiger partial charge in [-0.15, -0.1) is 0 Å². The molecule has 23 heavy (non-hydrogen) atoms. The van der Waals surface area contributed by atoms with Gasteiger partial charge in [-0.2, -0.15) is 0 Å². The summed E-state index contributed by atoms with van der Waals surface area (Å²) in [7, 11) is 0. The van der Waals surface area contributed by atoms with Crippen molar-refractivity contribution in [2.45, 2.75) is 45.6 Å². The minimum Gasteiger partial charge on any atom is -0.465 e. The van der Waals surface area contributed by atoms with E-state index in [4.69, 9.17) is 9.52 Å². The zero-order valence-corrected chi connectivity index (χ0v) is 14.1. The largest absolute Gasteiger partial charge is 0.465 e. The molecule has 2 aliphatic heterocycles. The molecule has 2 aliphatic rings. The third kappa shape index (κ3) is 3.96. The number of aliphatic hydroxyl groups is 1. The van der Waals surface area contributed by atoms with E-state index in [-0.39, 0.29) is 17.9 Å². The fourth-order valence-corrected chi connectivity index (χ4v) is 4.14. The van der Waals surface area contributed by atoms with Gasteiger partial charge in [0.2, 0.25) is 5.91 Å². The van der Waals surface area contributed by atoms with E-state index < -0.39 is 0 Å². The van der Waals surface area contributed by atoms with Gasteiger partial charge in [0, 0.05) is 38.1 Å². The van der Waals surface area contributed by atoms with Gasteiger partial charge in [0.25, 0.3) is 0 Å². The Morgan fingerprint density at radius 3 is 2.91 bits per heavy atom. The molecule has 1 aromatic heterocycles. The van der Waals surface area contributed by atoms with E-state index in [1.165, 1.54) is 12.8 Å². The SMILES string of the molecule is Cc1ccc(CN2CCC[C@@]3(CCC(=O)N(CCCO)C3)C2)o1. The summed E-state index contributed by atoms with van der Waals surface area (Å²) in [5.74, 6) is 2.25. The second kappa shape index (κ2) is 7.05. The van der Waals surface area contributed by atoms with Crippen LogP contribution in [0, 0.1) is 12.3 Å². The number of hydrogen-bond donors (Lipinski definition) is 1. The zero-order chi connectivity index (χ0) is 16.3. The van der Waals surface area contributed by atoms with Gasteiger partial charge in [-0.25, -0.2) is 0 Å². The van der Waals surface area contributed by atoms with E-state index in [9.17, 15) is 4.79 Å². The van der Waals surface area contributed by atoms with Gasteiger partial charge in [0.05, 0.1) is 6.54 Å². The molecule has 0 aromatic carbocycles. The van der Waals surface area contributed by atoms with E-state index >= 15 is 0 Å². The second-order valence-electron chi connectivity index (χ2n) is 7.22. The Labute approximate surface area is 138 Å². The lowest BCUT2D eigenvalue weighted by molar-refractivity contribution is -0.139. The van der Waals surface area contributed by atoms with Crippen molar-refractivity contribution in [1.29, 1.82) is 0 Å². The third-order valence-corrected chi connectivity index (χ3v) is 5.25. The average molecular weight is 320 g/mol. The first kappa shape index (κ1) is 16.5. The van der Waals surface area contributed by atoms with Crippen LogP contribution in [-0.4, -0.2) is 53.6 Å². The highest BCUT2D eigenvalue weighted by molar-refractivity contribution is 5.77. The molecule has 3 rings (SSSR count). The smallest absolute Gasteiger partial charge is 0.222 e. The Morgan fingerprint density at radius 1 is 1.30 bits per heavy atom. The van der Waals surface area contributed by atoms with Crippen LogP contribution in [0.4, 0.5) is 0 Å². The van der Waals surface area contributed by atoms with Crippen LogP contribution < -0.4 is 0 Å². The number of carbonyl (C=O) groups excluding carboxylic acids is 1. The number of aliphatic hydroxyl groups excluding tert-OH is 1. The van der Waals surface area contributed by atoms with Crippen LogP contribution in [0.3, 0.4) is 0 Å². The van der Waals surface area contributed by atoms with Crippen molar-refractivity contribution in [3.8, 4) is 0 Å². The second-order valence-corrected chi connectivity index (χ2v) is 7.22. The molecule has 1 aromatic rings. The first-order chi connectivity index (χ1) is 11.1. The number of furan rings is 1. The van der Waals surface area contributed by atoms with Gasteiger partial charge >= 0.3 is 0 Å². The van der Waals surface area contributed by atoms with E-state index in [1.54, 1.807) is 0 Å². The Balaban J connectivity index is 1.63. The molecule has 1 spiro atoms. The van der Waals surface area contributed by atoms with E-state index in [2.05, 4.69) is 11.0 Å². The highest BCUT2D eigenvalue weighted by atomic mass is 16.3. The van der Waals surface area contributed by atoms with Gasteiger partial charge in [0.15, 0.2) is 0 Å². The normalized spacial score (nSPS) is 26.2. The fraction of sp³-hybridized carbons (Fsp3) is 0.722. The number of piperidine rings is 2. The molecule has 5 heteroatoms. The molecule has 0 aliphatic carbocycles. The van der Waals surface area contributed by atoms with Gasteiger partial charge in [-0.3, -0.25) is 9.69 Å². The number of aryl methyl sites for hydroxylation is 1. The molecule has 0 radical (unpaired) electrons. The Kier molecular flexibility index (Phi) is 5.07. The highest BCUT2D eigenvalue weighted by Gasteiger charge is 2.41. The summed E-state index contributed by atoms with van der Waals surface area (Å²) in [6.07, 6.45) is 4.71. The van der Waals surface area contributed by atoms with Crippen LogP contribution in [0.1, 0.15) is 43.6 Å². The van der Waals surface area contributed by atoms with E-state index in [1.807, 2.05) is 17.9 Å². The standard InChI is InChI=1S/C18H28N2O3/c1-15-4-5-16(23-15)12-19-9-2-7-18(13-19)8-6-17(22)20(14-18)10-3-11-21/h4-5,21H,2-3,6-14H2,1H3/t18-/m1/s1. The summed E-state index contributed by atoms with van der Waals surface area (Å²) in [5, 5.41) is 9.04. The number of rotatable bonds is 5. The van der Waals surface area contributed by atoms with Crippen molar-refractivity contribution < 1.29 is 14.3 Å². The summed E-state index contributed by atoms with van der Waals surface area (Å²) < 4.78 is 5.72. The van der Waals surface area contributed by atoms with E-state index in [0.29, 0.717) is 19.4 Å². The number of carbonyl (C=O) groups is 1. The van der Waals surface area contributed by atoms with Crippen molar-refractivity contribution in [1.82, 2.24) is 9.80 Å². The van der Waals surface area contributed by atoms with Crippen molar-refractivity contribution in [2.75, 3.05) is 32.8 Å². The minimum absolute atomic E-state index is 0.154. The summed E-state index contributed by atoms with van der Waals surface area (Å²) in [6, 6.07) is 4.08. The molecule has 0 bridgehead atoms. The predicted octanol–water partition coefficient (Wildman–Crippen LogP) is 2.18. The van der Waals surface area contributed by atoms with Crippen molar-refractivity contribution in [2.24, 2.45) is 5.41 Å². The summed E-state index contributed by atoms with van der Waals surface area (Å²) in [6.45, 7) is 6.67. The van der Waals surface area contributed by atoms with Gasteiger partial charge < -0.3 is 14.4 Å². The van der Waals surface area contributed by atoms with Crippen molar-refractivity contribution >= 4 is 5.91 Å². The quantitative estimate of drug-likeness (QED) is 0.903. The first-order valence-corrected chi connectivity index (χ1v) is 8.77. The number of likely N-dealkylation sites (tertiary alicyclic amines) is 2. The van der Waals surface area contributed by atoms with Crippen LogP contribution in [0.2, 0.25) is 0 Å². The van der Waals surface area contributed by atoms with Crippen LogP contribution in [0.25, 0.3) is 0 Å². The van der Waals surface area contributed by atoms with Crippen LogP contribution >= 0.6 is 0 Å². The summed E-state index contributed by atoms with van der Waals surface area (Å²) in [4.78, 5) is 16.6. The molecule has 0 unspecified atom stereocenters. The number of hydrogen-bond acceptors (Lipinski definition) is 4. The molecule has 1 amide bonds. The highest BCUT2D eigenvalue weighted by Crippen LogP contribution is 2.39. The minimum atomic E-state index is 0.154. The molecule has 0 saturated carbocycles. The van der Waals surface area contributed by atoms with Gasteiger partial charge in [0.1, 0.15) is 11.5 Å². The maximum absolute atomic E-state index is 12.1. The monoisotopic (exact) mass is 320 g/mol. The molecule has 128 valence electrons. The van der Waals surface area contributed by atoms with Crippen LogP contribution in [-0.2, 0) is 11.3 Å². The molecule has 3 heterocycles. The predicted molar refractivity (Wildman–Crippen MR) is 87.9 cm³/mol. The Hall–Kier alpha value is -1.33. The molecular weight excluding hydrogens is 292 g/mol. The fourth-order valence-electron chi connectivity index (χ4n) is 4.14. The lowest BCUT2D eigenvalue weighted by Crippen LogP contribution is -2.54. The average Bonchev–Trinajstić information content (AvgIpc) is 2.94. The molecule has 1 N–H and O–H groups in total. The lowest BCUT2D eigenvalue weighted by atomic mass is 9.73. The Morgan fingerprint density at radius 2 is 2.17 bits per heavy atom. The molecule has 2 fully saturated rings. The van der Waals surface area contributed by atoms with Crippen molar-refractivity contribution in [3.63, 3.8) is 0 Å². The van der Waals surface area contributed by atoms with Crippen LogP contribution in [0.5, 0.6) is 0 Å².